The molecule has 0 saturated carbocycles. The van der Waals surface area contributed by atoms with Crippen molar-refractivity contribution >= 4 is 0 Å². The Morgan fingerprint density at radius 3 is 2.33 bits per heavy atom. The molecule has 0 unspecified atom stereocenters. The molecule has 0 aliphatic heterocycles. The number of aliphatic hydroxyl groups is 2. The maximum absolute atomic E-state index is 9.47. The molecule has 0 aliphatic carbocycles. The smallest absolute Gasteiger partial charge is 0.0796 e. The summed E-state index contributed by atoms with van der Waals surface area (Å²) in [4.78, 5) is 0. The first-order valence-electron chi connectivity index (χ1n) is 7.11. The minimum atomic E-state index is -0.575. The van der Waals surface area contributed by atoms with Gasteiger partial charge >= 0.3 is 0 Å². The molecular weight excluding hydrogens is 224 g/mol. The Labute approximate surface area is 112 Å². The minimum Gasteiger partial charge on any atom is -0.394 e. The molecule has 0 aromatic carbocycles. The van der Waals surface area contributed by atoms with Crippen molar-refractivity contribution in [2.45, 2.75) is 65.9 Å². The van der Waals surface area contributed by atoms with Crippen molar-refractivity contribution in [3.05, 3.63) is 23.3 Å². The van der Waals surface area contributed by atoms with Crippen LogP contribution in [0.3, 0.4) is 0 Å². The first kappa shape index (κ1) is 17.4. The number of aliphatic hydroxyl groups excluding tert-OH is 2. The minimum absolute atomic E-state index is 0.133. The SMILES string of the molecule is CC/C(=C/CC[C@H](C)[C@@H](O)CO)CCC=C(C)C. The van der Waals surface area contributed by atoms with Gasteiger partial charge in [0, 0.05) is 0 Å². The van der Waals surface area contributed by atoms with E-state index in [4.69, 9.17) is 5.11 Å². The molecule has 0 aliphatic rings. The summed E-state index contributed by atoms with van der Waals surface area (Å²) in [7, 11) is 0. The molecule has 0 radical (unpaired) electrons. The first-order chi connectivity index (χ1) is 8.51. The fourth-order valence-electron chi connectivity index (χ4n) is 1.89. The van der Waals surface area contributed by atoms with Crippen molar-refractivity contribution in [3.63, 3.8) is 0 Å². The van der Waals surface area contributed by atoms with Crippen LogP contribution in [0.2, 0.25) is 0 Å². The zero-order chi connectivity index (χ0) is 14.0. The Kier molecular flexibility index (Phi) is 9.99. The number of hydrogen-bond donors (Lipinski definition) is 2. The Balaban J connectivity index is 4.01. The van der Waals surface area contributed by atoms with Crippen molar-refractivity contribution in [2.75, 3.05) is 6.61 Å². The van der Waals surface area contributed by atoms with E-state index in [9.17, 15) is 5.11 Å². The van der Waals surface area contributed by atoms with Gasteiger partial charge in [0.15, 0.2) is 0 Å². The fourth-order valence-corrected chi connectivity index (χ4v) is 1.89. The van der Waals surface area contributed by atoms with Crippen LogP contribution in [-0.4, -0.2) is 22.9 Å². The maximum Gasteiger partial charge on any atom is 0.0796 e. The lowest BCUT2D eigenvalue weighted by molar-refractivity contribution is 0.0507. The van der Waals surface area contributed by atoms with Gasteiger partial charge in [-0.25, -0.2) is 0 Å². The molecule has 0 amide bonds. The highest BCUT2D eigenvalue weighted by molar-refractivity contribution is 5.04. The lowest BCUT2D eigenvalue weighted by atomic mass is 9.97. The number of allylic oxidation sites excluding steroid dienone is 4. The van der Waals surface area contributed by atoms with E-state index >= 15 is 0 Å². The lowest BCUT2D eigenvalue weighted by Crippen LogP contribution is -2.21. The van der Waals surface area contributed by atoms with Crippen molar-refractivity contribution in [1.29, 1.82) is 0 Å². The van der Waals surface area contributed by atoms with Gasteiger partial charge in [0.25, 0.3) is 0 Å². The van der Waals surface area contributed by atoms with E-state index in [1.165, 1.54) is 11.1 Å². The second-order valence-corrected chi connectivity index (χ2v) is 5.34. The van der Waals surface area contributed by atoms with E-state index in [2.05, 4.69) is 32.9 Å². The molecule has 0 saturated heterocycles. The summed E-state index contributed by atoms with van der Waals surface area (Å²) < 4.78 is 0. The van der Waals surface area contributed by atoms with Crippen LogP contribution >= 0.6 is 0 Å². The van der Waals surface area contributed by atoms with Crippen molar-refractivity contribution in [3.8, 4) is 0 Å². The van der Waals surface area contributed by atoms with Gasteiger partial charge in [0.05, 0.1) is 12.7 Å². The van der Waals surface area contributed by atoms with Crippen LogP contribution in [0.1, 0.15) is 59.8 Å². The van der Waals surface area contributed by atoms with Crippen LogP contribution in [-0.2, 0) is 0 Å². The Hall–Kier alpha value is -0.600. The fraction of sp³-hybridized carbons (Fsp3) is 0.750. The summed E-state index contributed by atoms with van der Waals surface area (Å²) in [6.07, 6.45) is 9.31. The summed E-state index contributed by atoms with van der Waals surface area (Å²) in [5, 5.41) is 18.3. The van der Waals surface area contributed by atoms with Gasteiger partial charge < -0.3 is 10.2 Å². The van der Waals surface area contributed by atoms with Crippen LogP contribution in [0, 0.1) is 5.92 Å². The summed E-state index contributed by atoms with van der Waals surface area (Å²) in [5.74, 6) is 0.169. The average Bonchev–Trinajstić information content (AvgIpc) is 2.35. The molecular formula is C16H30O2. The summed E-state index contributed by atoms with van der Waals surface area (Å²) >= 11 is 0. The van der Waals surface area contributed by atoms with Gasteiger partial charge in [-0.2, -0.15) is 0 Å². The normalized spacial score (nSPS) is 15.3. The first-order valence-corrected chi connectivity index (χ1v) is 7.11. The van der Waals surface area contributed by atoms with Crippen LogP contribution in [0.5, 0.6) is 0 Å². The Morgan fingerprint density at radius 1 is 1.17 bits per heavy atom. The molecule has 106 valence electrons. The van der Waals surface area contributed by atoms with Crippen LogP contribution in [0.25, 0.3) is 0 Å². The van der Waals surface area contributed by atoms with Gasteiger partial charge in [0.1, 0.15) is 0 Å². The molecule has 0 fully saturated rings. The van der Waals surface area contributed by atoms with Crippen molar-refractivity contribution in [1.82, 2.24) is 0 Å². The molecule has 0 aromatic heterocycles. The zero-order valence-electron chi connectivity index (χ0n) is 12.4. The highest BCUT2D eigenvalue weighted by atomic mass is 16.3. The third-order valence-electron chi connectivity index (χ3n) is 3.37. The van der Waals surface area contributed by atoms with E-state index in [1.807, 2.05) is 6.92 Å². The Bertz CT molecular complexity index is 262. The third kappa shape index (κ3) is 8.48. The van der Waals surface area contributed by atoms with E-state index in [0.717, 1.165) is 32.1 Å². The van der Waals surface area contributed by atoms with Gasteiger partial charge in [0.2, 0.25) is 0 Å². The second-order valence-electron chi connectivity index (χ2n) is 5.34. The lowest BCUT2D eigenvalue weighted by Gasteiger charge is -2.15. The van der Waals surface area contributed by atoms with E-state index < -0.39 is 6.10 Å². The molecule has 2 atom stereocenters. The molecule has 0 aromatic rings. The zero-order valence-corrected chi connectivity index (χ0v) is 12.4. The van der Waals surface area contributed by atoms with Gasteiger partial charge in [-0.1, -0.05) is 37.1 Å². The molecule has 2 N–H and O–H groups in total. The van der Waals surface area contributed by atoms with Crippen molar-refractivity contribution < 1.29 is 10.2 Å². The topological polar surface area (TPSA) is 40.5 Å². The molecule has 2 heteroatoms. The van der Waals surface area contributed by atoms with Gasteiger partial charge in [-0.3, -0.25) is 0 Å². The largest absolute Gasteiger partial charge is 0.394 e. The number of rotatable bonds is 9. The second kappa shape index (κ2) is 10.3. The average molecular weight is 254 g/mol. The molecule has 0 spiro atoms. The van der Waals surface area contributed by atoms with Gasteiger partial charge in [-0.05, 0) is 51.9 Å². The highest BCUT2D eigenvalue weighted by Gasteiger charge is 2.11. The predicted molar refractivity (Wildman–Crippen MR) is 78.5 cm³/mol. The monoisotopic (exact) mass is 254 g/mol. The highest BCUT2D eigenvalue weighted by Crippen LogP contribution is 2.16. The van der Waals surface area contributed by atoms with Gasteiger partial charge in [-0.15, -0.1) is 0 Å². The van der Waals surface area contributed by atoms with Crippen LogP contribution in [0.4, 0.5) is 0 Å². The molecule has 2 nitrogen and oxygen atoms in total. The van der Waals surface area contributed by atoms with E-state index in [0.29, 0.717) is 0 Å². The van der Waals surface area contributed by atoms with E-state index in [1.54, 1.807) is 0 Å². The summed E-state index contributed by atoms with van der Waals surface area (Å²) in [5.41, 5.74) is 2.88. The maximum atomic E-state index is 9.47. The molecule has 0 heterocycles. The summed E-state index contributed by atoms with van der Waals surface area (Å²) in [6.45, 7) is 8.32. The van der Waals surface area contributed by atoms with Crippen LogP contribution in [0.15, 0.2) is 23.3 Å². The quantitative estimate of drug-likeness (QED) is 0.614. The van der Waals surface area contributed by atoms with Crippen LogP contribution < -0.4 is 0 Å². The molecule has 0 bridgehead atoms. The van der Waals surface area contributed by atoms with Crippen molar-refractivity contribution in [2.24, 2.45) is 5.92 Å². The predicted octanol–water partition coefficient (Wildman–Crippen LogP) is 3.84. The number of hydrogen-bond acceptors (Lipinski definition) is 2. The molecule has 18 heavy (non-hydrogen) atoms. The molecule has 0 rings (SSSR count). The third-order valence-corrected chi connectivity index (χ3v) is 3.37. The summed E-state index contributed by atoms with van der Waals surface area (Å²) in [6, 6.07) is 0. The Morgan fingerprint density at radius 2 is 1.83 bits per heavy atom. The standard InChI is InChI=1S/C16H30O2/c1-5-15(10-6-8-13(2)3)11-7-9-14(4)16(18)12-17/h8,11,14,16-18H,5-7,9-10,12H2,1-4H3/b15-11-/t14-,16-/m0/s1. The van der Waals surface area contributed by atoms with E-state index in [-0.39, 0.29) is 12.5 Å².